The van der Waals surface area contributed by atoms with E-state index in [-0.39, 0.29) is 108 Å². The summed E-state index contributed by atoms with van der Waals surface area (Å²) >= 11 is 13.0. The van der Waals surface area contributed by atoms with Crippen molar-refractivity contribution in [2.45, 2.75) is 121 Å². The Morgan fingerprint density at radius 1 is 0.530 bits per heavy atom. The number of rotatable bonds is 24. The zero-order valence-corrected chi connectivity index (χ0v) is 62.0. The maximum Gasteiger partial charge on any atom is 0.293 e. The average molecular weight is 1730 g/mol. The molecule has 8 aromatic heterocycles. The molecule has 1 unspecified atom stereocenters. The summed E-state index contributed by atoms with van der Waals surface area (Å²) in [5, 5.41) is 19.2. The predicted molar refractivity (Wildman–Crippen MR) is 388 cm³/mol. The standard InChI is InChI=1S/2C35H26ClF8N9O4S.CH4/c2*1-58(56,57)50-32-26-20(36)4-5-22(28(26)51(49-32)12-23(39)40)53-33(47-31-17(34(53)55)3-2-6-45-31)21(9-14-7-15(37)10-16(38)8-14)46-24(54)13-52-29-25(27(48-52)30(41)42)18-11-19(18)35(29,43)44;/h2*2-8,10,18-19,21,23,30H,9,11-13H2,1H3,(H,46,54)(H,49,50);1H4/t18-,19+,21?;18-,19+,21-;/m00./s1. The summed E-state index contributed by atoms with van der Waals surface area (Å²) in [5.41, 5.74) is -7.94. The van der Waals surface area contributed by atoms with Crippen molar-refractivity contribution >= 4 is 111 Å². The lowest BCUT2D eigenvalue weighted by Crippen LogP contribution is -2.38. The molecule has 0 spiro atoms. The third-order valence-electron chi connectivity index (χ3n) is 19.6. The molecule has 6 atom stereocenters. The number of fused-ring (bicyclic) bond motifs is 10. The Balaban J connectivity index is 0.000000191. The summed E-state index contributed by atoms with van der Waals surface area (Å²) in [6, 6.07) is 11.6. The summed E-state index contributed by atoms with van der Waals surface area (Å²) in [6.07, 6.45) is -9.80. The maximum atomic E-state index is 15.4. The number of carbonyl (C=O) groups excluding carboxylic acids is 2. The van der Waals surface area contributed by atoms with Gasteiger partial charge in [-0.25, -0.2) is 89.5 Å². The topological polar surface area (TPSA) is 317 Å². The van der Waals surface area contributed by atoms with Crippen LogP contribution >= 0.6 is 23.2 Å². The maximum absolute atomic E-state index is 15.4. The zero-order valence-electron chi connectivity index (χ0n) is 58.8. The van der Waals surface area contributed by atoms with E-state index >= 15 is 17.6 Å². The van der Waals surface area contributed by atoms with Crippen LogP contribution in [0, 0.1) is 35.1 Å². The molecule has 4 aliphatic carbocycles. The first-order chi connectivity index (χ1) is 54.6. The molecule has 0 aliphatic heterocycles. The molecule has 2 amide bonds. The molecule has 26 nitrogen and oxygen atoms in total. The van der Waals surface area contributed by atoms with Gasteiger partial charge in [0.05, 0.1) is 78.6 Å². The quantitative estimate of drug-likeness (QED) is 0.0409. The fourth-order valence-electron chi connectivity index (χ4n) is 15.2. The van der Waals surface area contributed by atoms with Crippen molar-refractivity contribution in [3.8, 4) is 11.4 Å². The first kappa shape index (κ1) is 82.3. The van der Waals surface area contributed by atoms with E-state index in [0.717, 1.165) is 45.9 Å². The van der Waals surface area contributed by atoms with Crippen LogP contribution in [0.3, 0.4) is 0 Å². The summed E-state index contributed by atoms with van der Waals surface area (Å²) in [5.74, 6) is -19.7. The number of benzene rings is 4. The van der Waals surface area contributed by atoms with Gasteiger partial charge >= 0.3 is 0 Å². The van der Waals surface area contributed by atoms with Gasteiger partial charge in [-0.3, -0.25) is 56.5 Å². The molecule has 2 saturated carbocycles. The van der Waals surface area contributed by atoms with Crippen LogP contribution in [0.1, 0.15) is 114 Å². The highest BCUT2D eigenvalue weighted by atomic mass is 35.5. The van der Waals surface area contributed by atoms with Crippen LogP contribution in [-0.4, -0.2) is 122 Å². The van der Waals surface area contributed by atoms with Crippen LogP contribution in [0.15, 0.2) is 107 Å². The minimum Gasteiger partial charge on any atom is -0.344 e. The highest BCUT2D eigenvalue weighted by Gasteiger charge is 2.68. The zero-order chi connectivity index (χ0) is 83.2. The van der Waals surface area contributed by atoms with Gasteiger partial charge in [0, 0.05) is 60.3 Å². The Morgan fingerprint density at radius 3 is 1.22 bits per heavy atom. The SMILES string of the molecule is C.CS(=O)(=O)Nc1nn(CC(F)F)c2c(-n3c(C(Cc4cc(F)cc(F)c4)NC(=O)Cn4nc(C(F)F)c5c4C(F)(F)[C@@H]4C[C@H]54)nc4ncccc4c3=O)ccc(Cl)c12.CS(=O)(=O)Nc1nn(CC(F)F)c2c(-n3c([C@H](Cc4cc(F)cc(F)c4)NC(=O)Cn4nc(C(F)F)c5c4C(F)(F)[C@@H]4C[C@H]54)nc4ncccc4c3=O)ccc(Cl)c12. The Bertz CT molecular complexity index is 6040. The van der Waals surface area contributed by atoms with E-state index in [2.05, 4.69) is 60.4 Å². The number of hydrogen-bond donors (Lipinski definition) is 4. The molecule has 4 N–H and O–H groups in total. The molecule has 4 aliphatic rings. The normalized spacial score (nSPS) is 17.4. The lowest BCUT2D eigenvalue weighted by molar-refractivity contribution is -0.123. The fraction of sp³-hybridized carbons (Fsp3) is 0.324. The smallest absolute Gasteiger partial charge is 0.293 e. The average Bonchev–Trinajstić information content (AvgIpc) is 1.53. The molecule has 46 heteroatoms. The highest BCUT2D eigenvalue weighted by molar-refractivity contribution is 7.92. The molecule has 616 valence electrons. The second-order valence-electron chi connectivity index (χ2n) is 27.7. The van der Waals surface area contributed by atoms with Crippen LogP contribution in [0.4, 0.5) is 81.9 Å². The van der Waals surface area contributed by atoms with Crippen LogP contribution in [-0.2, 0) is 80.5 Å². The summed E-state index contributed by atoms with van der Waals surface area (Å²) in [7, 11) is -8.20. The van der Waals surface area contributed by atoms with Crippen molar-refractivity contribution in [2.24, 2.45) is 11.8 Å². The van der Waals surface area contributed by atoms with E-state index in [0.29, 0.717) is 30.9 Å². The molecule has 12 aromatic rings. The summed E-state index contributed by atoms with van der Waals surface area (Å²) in [6.45, 7) is -4.40. The van der Waals surface area contributed by atoms with Crippen molar-refractivity contribution in [3.63, 3.8) is 0 Å². The van der Waals surface area contributed by atoms with E-state index in [9.17, 15) is 88.7 Å². The Kier molecular flexibility index (Phi) is 21.3. The van der Waals surface area contributed by atoms with Crippen molar-refractivity contribution in [1.82, 2.24) is 78.8 Å². The number of carbonyl (C=O) groups is 2. The second-order valence-corrected chi connectivity index (χ2v) is 32.0. The largest absolute Gasteiger partial charge is 0.344 e. The number of pyridine rings is 2. The molecule has 0 saturated heterocycles. The number of anilines is 2. The van der Waals surface area contributed by atoms with Crippen LogP contribution in [0.5, 0.6) is 0 Å². The number of amides is 2. The van der Waals surface area contributed by atoms with Gasteiger partial charge in [0.1, 0.15) is 83.9 Å². The number of aromatic nitrogens is 14. The van der Waals surface area contributed by atoms with Crippen molar-refractivity contribution in [1.29, 1.82) is 0 Å². The lowest BCUT2D eigenvalue weighted by Gasteiger charge is -2.24. The Hall–Kier alpha value is -11.3. The van der Waals surface area contributed by atoms with Gasteiger partial charge in [-0.2, -0.15) is 38.0 Å². The van der Waals surface area contributed by atoms with Crippen LogP contribution in [0.25, 0.3) is 55.2 Å². The van der Waals surface area contributed by atoms with Gasteiger partial charge in [-0.1, -0.05) is 30.6 Å². The number of sulfonamides is 2. The van der Waals surface area contributed by atoms with Gasteiger partial charge in [-0.15, -0.1) is 0 Å². The minimum absolute atomic E-state index is 0. The van der Waals surface area contributed by atoms with Gasteiger partial charge in [0.25, 0.3) is 48.7 Å². The molecule has 0 bridgehead atoms. The predicted octanol–water partition coefficient (Wildman–Crippen LogP) is 12.9. The van der Waals surface area contributed by atoms with E-state index in [1.165, 1.54) is 60.9 Å². The molecule has 4 aromatic carbocycles. The highest BCUT2D eigenvalue weighted by Crippen LogP contribution is 2.69. The van der Waals surface area contributed by atoms with Gasteiger partial charge in [-0.05, 0) is 109 Å². The molecule has 0 radical (unpaired) electrons. The molecule has 117 heavy (non-hydrogen) atoms. The summed E-state index contributed by atoms with van der Waals surface area (Å²) in [4.78, 5) is 74.2. The molecular formula is C71H56Cl2F16N18O8S2. The number of hydrogen-bond acceptors (Lipinski definition) is 16. The molecule has 2 fully saturated rings. The van der Waals surface area contributed by atoms with Crippen LogP contribution in [0.2, 0.25) is 10.0 Å². The lowest BCUT2D eigenvalue weighted by atomic mass is 10.0. The summed E-state index contributed by atoms with van der Waals surface area (Å²) < 4.78 is 289. The van der Waals surface area contributed by atoms with E-state index in [1.54, 1.807) is 0 Å². The Labute approximate surface area is 656 Å². The van der Waals surface area contributed by atoms with Crippen molar-refractivity contribution < 1.29 is 96.7 Å². The van der Waals surface area contributed by atoms with Gasteiger partial charge in [0.15, 0.2) is 22.9 Å². The fourth-order valence-corrected chi connectivity index (χ4v) is 16.6. The number of halogens is 18. The van der Waals surface area contributed by atoms with E-state index < -0.39 is 225 Å². The third kappa shape index (κ3) is 15.5. The van der Waals surface area contributed by atoms with Gasteiger partial charge < -0.3 is 10.6 Å². The van der Waals surface area contributed by atoms with Crippen LogP contribution < -0.4 is 31.2 Å². The number of alkyl halides is 12. The molecule has 8 heterocycles. The van der Waals surface area contributed by atoms with Gasteiger partial charge in [0.2, 0.25) is 31.9 Å². The third-order valence-corrected chi connectivity index (χ3v) is 21.3. The van der Waals surface area contributed by atoms with Crippen molar-refractivity contribution in [2.75, 3.05) is 22.0 Å². The van der Waals surface area contributed by atoms with E-state index in [1.807, 2.05) is 0 Å². The minimum atomic E-state index is -4.10. The number of nitrogens with one attached hydrogen (secondary N) is 4. The van der Waals surface area contributed by atoms with Crippen molar-refractivity contribution in [3.05, 3.63) is 208 Å². The number of nitrogens with zero attached hydrogens (tertiary/aromatic N) is 14. The Morgan fingerprint density at radius 2 is 0.889 bits per heavy atom. The first-order valence-electron chi connectivity index (χ1n) is 34.3. The molecule has 16 rings (SSSR count). The monoisotopic (exact) mass is 1730 g/mol. The first-order valence-corrected chi connectivity index (χ1v) is 38.9. The molecular weight excluding hydrogens is 1670 g/mol. The second kappa shape index (κ2) is 30.3. The van der Waals surface area contributed by atoms with E-state index in [4.69, 9.17) is 23.2 Å².